The van der Waals surface area contributed by atoms with Gasteiger partial charge in [0.1, 0.15) is 6.54 Å². The van der Waals surface area contributed by atoms with Crippen LogP contribution < -0.4 is 11.1 Å². The van der Waals surface area contributed by atoms with E-state index in [-0.39, 0.29) is 24.5 Å². The van der Waals surface area contributed by atoms with E-state index in [0.717, 1.165) is 5.69 Å². The van der Waals surface area contributed by atoms with Crippen LogP contribution in [0.25, 0.3) is 0 Å². The van der Waals surface area contributed by atoms with Gasteiger partial charge in [0, 0.05) is 18.3 Å². The summed E-state index contributed by atoms with van der Waals surface area (Å²) < 4.78 is 1.77. The van der Waals surface area contributed by atoms with Crippen LogP contribution in [-0.2, 0) is 11.3 Å². The minimum Gasteiger partial charge on any atom is -0.352 e. The molecule has 0 fully saturated rings. The summed E-state index contributed by atoms with van der Waals surface area (Å²) in [6.07, 6.45) is 3.31. The minimum absolute atomic E-state index is 0.0232. The first-order valence-electron chi connectivity index (χ1n) is 5.05. The van der Waals surface area contributed by atoms with E-state index in [1.807, 2.05) is 20.8 Å². The van der Waals surface area contributed by atoms with Crippen molar-refractivity contribution in [2.75, 3.05) is 0 Å². The average Bonchev–Trinajstić information content (AvgIpc) is 2.50. The molecule has 0 aliphatic rings. The summed E-state index contributed by atoms with van der Waals surface area (Å²) >= 11 is 0. The van der Waals surface area contributed by atoms with Gasteiger partial charge in [0.25, 0.3) is 0 Å². The second kappa shape index (κ2) is 4.93. The Kier molecular flexibility index (Phi) is 3.85. The first kappa shape index (κ1) is 11.7. The molecule has 0 aliphatic heterocycles. The van der Waals surface area contributed by atoms with Gasteiger partial charge < -0.3 is 15.6 Å². The number of carbonyl (C=O) groups excluding carboxylic acids is 1. The highest BCUT2D eigenvalue weighted by Crippen LogP contribution is 2.07. The number of imidazole rings is 1. The van der Waals surface area contributed by atoms with Gasteiger partial charge in [-0.2, -0.15) is 0 Å². The molecule has 1 aromatic rings. The molecule has 1 rings (SSSR count). The third-order valence-electron chi connectivity index (χ3n) is 1.97. The highest BCUT2D eigenvalue weighted by atomic mass is 16.2. The van der Waals surface area contributed by atoms with E-state index in [1.165, 1.54) is 0 Å². The van der Waals surface area contributed by atoms with E-state index < -0.39 is 0 Å². The van der Waals surface area contributed by atoms with Gasteiger partial charge >= 0.3 is 0 Å². The molecule has 0 spiro atoms. The molecule has 84 valence electrons. The van der Waals surface area contributed by atoms with E-state index in [9.17, 15) is 4.79 Å². The maximum Gasteiger partial charge on any atom is 0.240 e. The lowest BCUT2D eigenvalue weighted by Gasteiger charge is -2.12. The van der Waals surface area contributed by atoms with Crippen LogP contribution in [-0.4, -0.2) is 21.5 Å². The molecular weight excluding hydrogens is 192 g/mol. The van der Waals surface area contributed by atoms with Gasteiger partial charge in [0.05, 0.1) is 12.0 Å². The summed E-state index contributed by atoms with van der Waals surface area (Å²) in [4.78, 5) is 15.5. The van der Waals surface area contributed by atoms with Gasteiger partial charge in [-0.1, -0.05) is 0 Å². The lowest BCUT2D eigenvalue weighted by molar-refractivity contribution is -0.122. The number of aromatic nitrogens is 2. The maximum absolute atomic E-state index is 11.5. The molecule has 5 heteroatoms. The fourth-order valence-electron chi connectivity index (χ4n) is 1.36. The number of nitrogens with zero attached hydrogens (tertiary/aromatic N) is 2. The molecule has 0 saturated heterocycles. The maximum atomic E-state index is 11.5. The zero-order valence-corrected chi connectivity index (χ0v) is 9.40. The minimum atomic E-state index is -0.112. The zero-order chi connectivity index (χ0) is 11.4. The van der Waals surface area contributed by atoms with Crippen LogP contribution in [0.5, 0.6) is 0 Å². The Morgan fingerprint density at radius 2 is 2.27 bits per heavy atom. The zero-order valence-electron chi connectivity index (χ0n) is 9.40. The Labute approximate surface area is 89.7 Å². The van der Waals surface area contributed by atoms with Crippen LogP contribution in [0.4, 0.5) is 0 Å². The smallest absolute Gasteiger partial charge is 0.240 e. The average molecular weight is 210 g/mol. The molecule has 5 nitrogen and oxygen atoms in total. The normalized spacial score (nSPS) is 12.9. The molecule has 0 saturated carbocycles. The fraction of sp³-hybridized carbons (Fsp3) is 0.600. The van der Waals surface area contributed by atoms with Crippen molar-refractivity contribution in [1.82, 2.24) is 14.9 Å². The van der Waals surface area contributed by atoms with Gasteiger partial charge in [0.15, 0.2) is 0 Å². The van der Waals surface area contributed by atoms with Gasteiger partial charge in [-0.15, -0.1) is 0 Å². The summed E-state index contributed by atoms with van der Waals surface area (Å²) in [7, 11) is 0. The number of hydrogen-bond donors (Lipinski definition) is 2. The summed E-state index contributed by atoms with van der Waals surface area (Å²) in [5, 5.41) is 2.82. The largest absolute Gasteiger partial charge is 0.352 e. The Balaban J connectivity index is 2.64. The SMILES string of the molecule is CC(C)NC(=O)Cn1cncc1[C@@H](C)N. The third kappa shape index (κ3) is 3.36. The molecule has 0 aromatic carbocycles. The molecule has 1 aromatic heterocycles. The molecule has 3 N–H and O–H groups in total. The quantitative estimate of drug-likeness (QED) is 0.756. The molecule has 1 atom stereocenters. The van der Waals surface area contributed by atoms with Crippen molar-refractivity contribution >= 4 is 5.91 Å². The van der Waals surface area contributed by atoms with Crippen molar-refractivity contribution < 1.29 is 4.79 Å². The second-order valence-corrected chi connectivity index (χ2v) is 3.96. The molecule has 0 aliphatic carbocycles. The summed E-state index contributed by atoms with van der Waals surface area (Å²) in [5.74, 6) is -0.0232. The lowest BCUT2D eigenvalue weighted by Crippen LogP contribution is -2.33. The molecule has 0 unspecified atom stereocenters. The Morgan fingerprint density at radius 3 is 2.80 bits per heavy atom. The van der Waals surface area contributed by atoms with Crippen LogP contribution in [0.15, 0.2) is 12.5 Å². The highest BCUT2D eigenvalue weighted by Gasteiger charge is 2.10. The Bertz CT molecular complexity index is 330. The summed E-state index contributed by atoms with van der Waals surface area (Å²) in [5.41, 5.74) is 6.61. The van der Waals surface area contributed by atoms with Crippen molar-refractivity contribution in [3.63, 3.8) is 0 Å². The Hall–Kier alpha value is -1.36. The number of nitrogens with one attached hydrogen (secondary N) is 1. The lowest BCUT2D eigenvalue weighted by atomic mass is 10.2. The molecular formula is C10H18N4O. The number of nitrogens with two attached hydrogens (primary N) is 1. The molecule has 0 bridgehead atoms. The fourth-order valence-corrected chi connectivity index (χ4v) is 1.36. The van der Waals surface area contributed by atoms with Gasteiger partial charge in [0.2, 0.25) is 5.91 Å². The number of rotatable bonds is 4. The number of carbonyl (C=O) groups is 1. The van der Waals surface area contributed by atoms with Crippen molar-refractivity contribution in [3.8, 4) is 0 Å². The van der Waals surface area contributed by atoms with Crippen LogP contribution in [0, 0.1) is 0 Å². The standard InChI is InChI=1S/C10H18N4O/c1-7(2)13-10(15)5-14-6-12-4-9(14)8(3)11/h4,6-8H,5,11H2,1-3H3,(H,13,15)/t8-/m1/s1. The van der Waals surface area contributed by atoms with Crippen LogP contribution in [0.2, 0.25) is 0 Å². The highest BCUT2D eigenvalue weighted by molar-refractivity contribution is 5.76. The predicted octanol–water partition coefficient (Wildman–Crippen LogP) is 0.427. The number of amides is 1. The van der Waals surface area contributed by atoms with E-state index in [1.54, 1.807) is 17.1 Å². The van der Waals surface area contributed by atoms with Crippen LogP contribution in [0.3, 0.4) is 0 Å². The van der Waals surface area contributed by atoms with E-state index >= 15 is 0 Å². The predicted molar refractivity (Wildman–Crippen MR) is 58.1 cm³/mol. The summed E-state index contributed by atoms with van der Waals surface area (Å²) in [6, 6.07) is 0.0409. The molecule has 15 heavy (non-hydrogen) atoms. The van der Waals surface area contributed by atoms with Crippen molar-refractivity contribution in [1.29, 1.82) is 0 Å². The van der Waals surface area contributed by atoms with Crippen molar-refractivity contribution in [2.24, 2.45) is 5.73 Å². The van der Waals surface area contributed by atoms with Crippen molar-refractivity contribution in [3.05, 3.63) is 18.2 Å². The van der Waals surface area contributed by atoms with Crippen LogP contribution in [0.1, 0.15) is 32.5 Å². The van der Waals surface area contributed by atoms with Gasteiger partial charge in [-0.3, -0.25) is 4.79 Å². The van der Waals surface area contributed by atoms with E-state index in [4.69, 9.17) is 5.73 Å². The first-order valence-corrected chi connectivity index (χ1v) is 5.05. The van der Waals surface area contributed by atoms with E-state index in [0.29, 0.717) is 0 Å². The van der Waals surface area contributed by atoms with Crippen LogP contribution >= 0.6 is 0 Å². The van der Waals surface area contributed by atoms with E-state index in [2.05, 4.69) is 10.3 Å². The second-order valence-electron chi connectivity index (χ2n) is 3.96. The van der Waals surface area contributed by atoms with Crippen molar-refractivity contribution in [2.45, 2.75) is 39.4 Å². The number of hydrogen-bond acceptors (Lipinski definition) is 3. The van der Waals surface area contributed by atoms with Gasteiger partial charge in [-0.05, 0) is 20.8 Å². The molecule has 1 heterocycles. The first-order chi connectivity index (χ1) is 7.00. The molecule has 0 radical (unpaired) electrons. The van der Waals surface area contributed by atoms with Gasteiger partial charge in [-0.25, -0.2) is 4.98 Å². The third-order valence-corrected chi connectivity index (χ3v) is 1.97. The topological polar surface area (TPSA) is 72.9 Å². The summed E-state index contributed by atoms with van der Waals surface area (Å²) in [6.45, 7) is 6.00. The molecule has 1 amide bonds. The monoisotopic (exact) mass is 210 g/mol. The Morgan fingerprint density at radius 1 is 1.60 bits per heavy atom.